The van der Waals surface area contributed by atoms with Crippen LogP contribution in [-0.2, 0) is 14.6 Å². The fourth-order valence-electron chi connectivity index (χ4n) is 1.54. The standard InChI is InChI=1S/C8H17N3O3S/c9-7(8(10)12)6-11-2-1-4-15(13,14)5-3-11/h7H,1-6,9H2,(H2,10,12). The summed E-state index contributed by atoms with van der Waals surface area (Å²) in [6.07, 6.45) is 0.591. The Hall–Kier alpha value is -0.660. The lowest BCUT2D eigenvalue weighted by molar-refractivity contribution is -0.119. The highest BCUT2D eigenvalue weighted by atomic mass is 32.2. The largest absolute Gasteiger partial charge is 0.368 e. The third kappa shape index (κ3) is 4.15. The summed E-state index contributed by atoms with van der Waals surface area (Å²) in [5.41, 5.74) is 10.5. The maximum atomic E-state index is 11.3. The van der Waals surface area contributed by atoms with E-state index >= 15 is 0 Å². The molecule has 1 unspecified atom stereocenters. The van der Waals surface area contributed by atoms with Crippen molar-refractivity contribution in [3.8, 4) is 0 Å². The zero-order chi connectivity index (χ0) is 11.5. The van der Waals surface area contributed by atoms with Gasteiger partial charge in [-0.25, -0.2) is 8.42 Å². The molecular weight excluding hydrogens is 218 g/mol. The summed E-state index contributed by atoms with van der Waals surface area (Å²) in [5.74, 6) is -0.199. The van der Waals surface area contributed by atoms with Crippen LogP contribution < -0.4 is 11.5 Å². The van der Waals surface area contributed by atoms with Gasteiger partial charge in [0.15, 0.2) is 9.84 Å². The van der Waals surface area contributed by atoms with Gasteiger partial charge < -0.3 is 16.4 Å². The van der Waals surface area contributed by atoms with Crippen LogP contribution in [0.4, 0.5) is 0 Å². The van der Waals surface area contributed by atoms with Crippen molar-refractivity contribution in [1.29, 1.82) is 0 Å². The Morgan fingerprint density at radius 3 is 2.60 bits per heavy atom. The van der Waals surface area contributed by atoms with Crippen LogP contribution in [0.5, 0.6) is 0 Å². The molecule has 0 saturated carbocycles. The molecule has 88 valence electrons. The zero-order valence-electron chi connectivity index (χ0n) is 8.55. The average Bonchev–Trinajstić information content (AvgIpc) is 2.28. The van der Waals surface area contributed by atoms with Crippen molar-refractivity contribution in [2.24, 2.45) is 11.5 Å². The van der Waals surface area contributed by atoms with Crippen LogP contribution in [0.3, 0.4) is 0 Å². The third-order valence-electron chi connectivity index (χ3n) is 2.47. The molecule has 0 aromatic heterocycles. The van der Waals surface area contributed by atoms with Crippen LogP contribution in [0.15, 0.2) is 0 Å². The van der Waals surface area contributed by atoms with Gasteiger partial charge in [-0.3, -0.25) is 4.79 Å². The van der Waals surface area contributed by atoms with Crippen LogP contribution in [0.2, 0.25) is 0 Å². The monoisotopic (exact) mass is 235 g/mol. The Labute approximate surface area is 89.5 Å². The van der Waals surface area contributed by atoms with E-state index in [0.717, 1.165) is 0 Å². The highest BCUT2D eigenvalue weighted by Gasteiger charge is 2.21. The van der Waals surface area contributed by atoms with Gasteiger partial charge in [-0.05, 0) is 13.0 Å². The molecule has 1 rings (SSSR count). The van der Waals surface area contributed by atoms with Crippen LogP contribution >= 0.6 is 0 Å². The molecule has 6 nitrogen and oxygen atoms in total. The van der Waals surface area contributed by atoms with Crippen LogP contribution in [0, 0.1) is 0 Å². The minimum absolute atomic E-state index is 0.137. The second-order valence-corrected chi connectivity index (χ2v) is 6.12. The number of sulfone groups is 1. The molecule has 1 heterocycles. The predicted molar refractivity (Wildman–Crippen MR) is 56.9 cm³/mol. The van der Waals surface area contributed by atoms with Crippen molar-refractivity contribution in [2.45, 2.75) is 12.5 Å². The predicted octanol–water partition coefficient (Wildman–Crippen LogP) is -2.08. The van der Waals surface area contributed by atoms with Crippen molar-refractivity contribution in [3.63, 3.8) is 0 Å². The average molecular weight is 235 g/mol. The van der Waals surface area contributed by atoms with Gasteiger partial charge in [0.2, 0.25) is 5.91 Å². The number of primary amides is 1. The molecule has 0 bridgehead atoms. The topological polar surface area (TPSA) is 106 Å². The van der Waals surface area contributed by atoms with E-state index < -0.39 is 21.8 Å². The van der Waals surface area contributed by atoms with Crippen molar-refractivity contribution < 1.29 is 13.2 Å². The molecule has 1 aliphatic heterocycles. The van der Waals surface area contributed by atoms with Crippen LogP contribution in [0.25, 0.3) is 0 Å². The Kier molecular flexibility index (Phi) is 4.06. The first-order valence-corrected chi connectivity index (χ1v) is 6.70. The summed E-state index contributed by atoms with van der Waals surface area (Å²) in [7, 11) is -2.91. The molecule has 0 aromatic rings. The molecule has 1 aliphatic rings. The summed E-state index contributed by atoms with van der Waals surface area (Å²) in [6.45, 7) is 1.42. The van der Waals surface area contributed by atoms with Gasteiger partial charge in [-0.15, -0.1) is 0 Å². The van der Waals surface area contributed by atoms with Crippen molar-refractivity contribution in [2.75, 3.05) is 31.1 Å². The number of hydrogen-bond acceptors (Lipinski definition) is 5. The number of nitrogens with two attached hydrogens (primary N) is 2. The highest BCUT2D eigenvalue weighted by Crippen LogP contribution is 2.04. The van der Waals surface area contributed by atoms with Crippen molar-refractivity contribution in [1.82, 2.24) is 4.90 Å². The Morgan fingerprint density at radius 2 is 2.00 bits per heavy atom. The van der Waals surface area contributed by atoms with Gasteiger partial charge in [0.05, 0.1) is 17.5 Å². The number of rotatable bonds is 3. The van der Waals surface area contributed by atoms with Gasteiger partial charge in [-0.2, -0.15) is 0 Å². The number of hydrogen-bond donors (Lipinski definition) is 2. The zero-order valence-corrected chi connectivity index (χ0v) is 9.37. The van der Waals surface area contributed by atoms with Gasteiger partial charge >= 0.3 is 0 Å². The molecule has 15 heavy (non-hydrogen) atoms. The SMILES string of the molecule is NC(=O)C(N)CN1CCCS(=O)(=O)CC1. The van der Waals surface area contributed by atoms with E-state index in [1.54, 1.807) is 0 Å². The molecule has 1 saturated heterocycles. The molecule has 0 aromatic carbocycles. The molecule has 7 heteroatoms. The van der Waals surface area contributed by atoms with Crippen molar-refractivity contribution in [3.05, 3.63) is 0 Å². The summed E-state index contributed by atoms with van der Waals surface area (Å²) in [4.78, 5) is 12.6. The number of amides is 1. The van der Waals surface area contributed by atoms with Gasteiger partial charge in [0, 0.05) is 13.1 Å². The first-order chi connectivity index (χ1) is 6.91. The van der Waals surface area contributed by atoms with E-state index in [9.17, 15) is 13.2 Å². The van der Waals surface area contributed by atoms with E-state index in [1.807, 2.05) is 4.90 Å². The van der Waals surface area contributed by atoms with E-state index in [4.69, 9.17) is 11.5 Å². The smallest absolute Gasteiger partial charge is 0.235 e. The van der Waals surface area contributed by atoms with E-state index in [1.165, 1.54) is 0 Å². The number of nitrogens with zero attached hydrogens (tertiary/aromatic N) is 1. The molecule has 1 fully saturated rings. The molecule has 0 aliphatic carbocycles. The minimum Gasteiger partial charge on any atom is -0.368 e. The summed E-state index contributed by atoms with van der Waals surface area (Å²) in [5, 5.41) is 0. The molecule has 1 amide bonds. The normalized spacial score (nSPS) is 24.3. The fraction of sp³-hybridized carbons (Fsp3) is 0.875. The molecular formula is C8H17N3O3S. The second kappa shape index (κ2) is 4.91. The quantitative estimate of drug-likeness (QED) is 0.584. The van der Waals surface area contributed by atoms with Crippen molar-refractivity contribution >= 4 is 15.7 Å². The van der Waals surface area contributed by atoms with Crippen LogP contribution in [0.1, 0.15) is 6.42 Å². The van der Waals surface area contributed by atoms with E-state index in [-0.39, 0.29) is 11.5 Å². The number of carbonyl (C=O) groups is 1. The number of carbonyl (C=O) groups excluding carboxylic acids is 1. The third-order valence-corrected chi connectivity index (χ3v) is 4.18. The van der Waals surface area contributed by atoms with Gasteiger partial charge in [-0.1, -0.05) is 0 Å². The Balaban J connectivity index is 2.48. The van der Waals surface area contributed by atoms with Gasteiger partial charge in [0.1, 0.15) is 0 Å². The second-order valence-electron chi connectivity index (χ2n) is 3.81. The highest BCUT2D eigenvalue weighted by molar-refractivity contribution is 7.91. The maximum Gasteiger partial charge on any atom is 0.235 e. The molecule has 0 radical (unpaired) electrons. The lowest BCUT2D eigenvalue weighted by Crippen LogP contribution is -2.46. The Bertz CT molecular complexity index is 328. The molecule has 0 spiro atoms. The lowest BCUT2D eigenvalue weighted by atomic mass is 10.2. The van der Waals surface area contributed by atoms with E-state index in [0.29, 0.717) is 26.1 Å². The Morgan fingerprint density at radius 1 is 1.33 bits per heavy atom. The minimum atomic E-state index is -2.91. The summed E-state index contributed by atoms with van der Waals surface area (Å²) < 4.78 is 22.6. The lowest BCUT2D eigenvalue weighted by Gasteiger charge is -2.21. The fourth-order valence-corrected chi connectivity index (χ4v) is 2.85. The first-order valence-electron chi connectivity index (χ1n) is 4.88. The van der Waals surface area contributed by atoms with Gasteiger partial charge in [0.25, 0.3) is 0 Å². The van der Waals surface area contributed by atoms with Crippen LogP contribution in [-0.4, -0.2) is 56.4 Å². The van der Waals surface area contributed by atoms with E-state index in [2.05, 4.69) is 0 Å². The molecule has 4 N–H and O–H groups in total. The summed E-state index contributed by atoms with van der Waals surface area (Å²) in [6, 6.07) is -0.717. The first kappa shape index (κ1) is 12.4. The maximum absolute atomic E-state index is 11.3. The summed E-state index contributed by atoms with van der Waals surface area (Å²) >= 11 is 0. The molecule has 1 atom stereocenters.